The summed E-state index contributed by atoms with van der Waals surface area (Å²) in [6.45, 7) is 0. The number of carboxylic acids is 1. The molecular formula is C8H7NO2. The third-order valence-electron chi connectivity index (χ3n) is 0.975. The van der Waals surface area contributed by atoms with Gasteiger partial charge >= 0.3 is 5.97 Å². The van der Waals surface area contributed by atoms with Crippen LogP contribution in [0.3, 0.4) is 0 Å². The van der Waals surface area contributed by atoms with Gasteiger partial charge in [0.2, 0.25) is 0 Å². The van der Waals surface area contributed by atoms with Gasteiger partial charge in [-0.2, -0.15) is 0 Å². The van der Waals surface area contributed by atoms with E-state index >= 15 is 0 Å². The Hall–Kier alpha value is -1.64. The topological polar surface area (TPSA) is 50.2 Å². The summed E-state index contributed by atoms with van der Waals surface area (Å²) in [5, 5.41) is 8.43. The van der Waals surface area contributed by atoms with Crippen molar-refractivity contribution in [3.8, 4) is 0 Å². The van der Waals surface area contributed by atoms with E-state index in [0.29, 0.717) is 5.56 Å². The molecule has 1 aromatic heterocycles. The number of hydrogen-bond donors (Lipinski definition) is 1. The van der Waals surface area contributed by atoms with E-state index in [1.165, 1.54) is 18.5 Å². The first kappa shape index (κ1) is 5.07. The fourth-order valence-electron chi connectivity index (χ4n) is 0.562. The van der Waals surface area contributed by atoms with Crippen LogP contribution in [0.25, 0.3) is 6.05 Å². The number of pyridine rings is 1. The van der Waals surface area contributed by atoms with Gasteiger partial charge in [0.25, 0.3) is 0 Å². The Morgan fingerprint density at radius 2 is 2.64 bits per heavy atom. The minimum atomic E-state index is -1.41. The van der Waals surface area contributed by atoms with Crippen LogP contribution in [-0.2, 0) is 4.79 Å². The van der Waals surface area contributed by atoms with Gasteiger partial charge in [-0.3, -0.25) is 4.98 Å². The second kappa shape index (κ2) is 3.51. The molecule has 0 aliphatic rings. The van der Waals surface area contributed by atoms with Crippen LogP contribution in [0.4, 0.5) is 0 Å². The SMILES string of the molecule is [2H]/C(C(=O)O)=C(/[2H])c1cccnc1. The molecule has 0 saturated heterocycles. The molecule has 1 N–H and O–H groups in total. The monoisotopic (exact) mass is 151 g/mol. The average Bonchev–Trinajstić information content (AvgIpc) is 2.17. The number of carboxylic acid groups (broad SMARTS) is 1. The van der Waals surface area contributed by atoms with Crippen molar-refractivity contribution in [3.05, 3.63) is 36.1 Å². The van der Waals surface area contributed by atoms with Gasteiger partial charge in [-0.05, 0) is 17.7 Å². The summed E-state index contributed by atoms with van der Waals surface area (Å²) in [5.41, 5.74) is 0.329. The molecule has 11 heavy (non-hydrogen) atoms. The predicted molar refractivity (Wildman–Crippen MR) is 40.9 cm³/mol. The lowest BCUT2D eigenvalue weighted by molar-refractivity contribution is -0.131. The lowest BCUT2D eigenvalue weighted by Crippen LogP contribution is -1.85. The zero-order valence-electron chi connectivity index (χ0n) is 7.61. The fourth-order valence-corrected chi connectivity index (χ4v) is 0.562. The van der Waals surface area contributed by atoms with Crippen LogP contribution in [0.5, 0.6) is 0 Å². The highest BCUT2D eigenvalue weighted by molar-refractivity contribution is 5.85. The van der Waals surface area contributed by atoms with Crippen LogP contribution < -0.4 is 0 Å². The summed E-state index contributed by atoms with van der Waals surface area (Å²) in [7, 11) is 0. The van der Waals surface area contributed by atoms with Crippen LogP contribution in [0.15, 0.2) is 30.6 Å². The maximum absolute atomic E-state index is 10.3. The number of nitrogens with zero attached hydrogens (tertiary/aromatic N) is 1. The van der Waals surface area contributed by atoms with Gasteiger partial charge in [0, 0.05) is 18.4 Å². The van der Waals surface area contributed by atoms with E-state index in [1.54, 1.807) is 6.07 Å². The molecule has 0 spiro atoms. The molecule has 56 valence electrons. The van der Waals surface area contributed by atoms with Gasteiger partial charge < -0.3 is 5.11 Å². The Labute approximate surface area is 66.8 Å². The number of rotatable bonds is 2. The van der Waals surface area contributed by atoms with Crippen molar-refractivity contribution in [2.75, 3.05) is 0 Å². The maximum atomic E-state index is 10.3. The van der Waals surface area contributed by atoms with Crippen LogP contribution in [0.2, 0.25) is 0 Å². The first-order valence-electron chi connectivity index (χ1n) is 3.94. The predicted octanol–water partition coefficient (Wildman–Crippen LogP) is 1.18. The van der Waals surface area contributed by atoms with Gasteiger partial charge in [-0.25, -0.2) is 4.79 Å². The van der Waals surface area contributed by atoms with Gasteiger partial charge in [-0.15, -0.1) is 0 Å². The highest BCUT2D eigenvalue weighted by Gasteiger charge is 1.86. The maximum Gasteiger partial charge on any atom is 0.328 e. The standard InChI is InChI=1S/C8H7NO2/c10-8(11)4-3-7-2-1-5-9-6-7/h1-6H,(H,10,11)/b4-3+/i3D,4D. The summed E-state index contributed by atoms with van der Waals surface area (Å²) in [5.74, 6) is -1.41. The van der Waals surface area contributed by atoms with E-state index in [9.17, 15) is 4.79 Å². The van der Waals surface area contributed by atoms with Gasteiger partial charge in [0.05, 0.1) is 2.74 Å². The summed E-state index contributed by atoms with van der Waals surface area (Å²) in [6, 6.07) is 2.06. The minimum absolute atomic E-state index is 0.329. The molecule has 0 amide bonds. The smallest absolute Gasteiger partial charge is 0.328 e. The highest BCUT2D eigenvalue weighted by atomic mass is 16.4. The third kappa shape index (κ3) is 2.62. The van der Waals surface area contributed by atoms with E-state index < -0.39 is 12.0 Å². The van der Waals surface area contributed by atoms with Crippen molar-refractivity contribution in [2.45, 2.75) is 0 Å². The van der Waals surface area contributed by atoms with E-state index in [-0.39, 0.29) is 6.05 Å². The van der Waals surface area contributed by atoms with Crippen LogP contribution >= 0.6 is 0 Å². The van der Waals surface area contributed by atoms with Crippen molar-refractivity contribution in [3.63, 3.8) is 0 Å². The molecule has 1 rings (SSSR count). The molecule has 1 aromatic rings. The van der Waals surface area contributed by atoms with E-state index in [1.807, 2.05) is 0 Å². The zero-order valence-corrected chi connectivity index (χ0v) is 5.61. The normalized spacial score (nSPS) is 14.5. The number of hydrogen-bond acceptors (Lipinski definition) is 2. The number of carbonyl (C=O) groups is 1. The molecule has 0 atom stereocenters. The van der Waals surface area contributed by atoms with Crippen molar-refractivity contribution in [1.82, 2.24) is 4.98 Å². The quantitative estimate of drug-likeness (QED) is 0.645. The molecule has 0 radical (unpaired) electrons. The number of aromatic nitrogens is 1. The Kier molecular flexibility index (Phi) is 1.62. The molecular weight excluding hydrogens is 142 g/mol. The van der Waals surface area contributed by atoms with E-state index in [2.05, 4.69) is 4.98 Å². The summed E-state index contributed by atoms with van der Waals surface area (Å²) in [4.78, 5) is 14.0. The lowest BCUT2D eigenvalue weighted by Gasteiger charge is -1.87. The second-order valence-electron chi connectivity index (χ2n) is 1.80. The summed E-state index contributed by atoms with van der Waals surface area (Å²) >= 11 is 0. The van der Waals surface area contributed by atoms with Crippen molar-refractivity contribution >= 4 is 12.0 Å². The molecule has 0 aromatic carbocycles. The van der Waals surface area contributed by atoms with Crippen LogP contribution in [0.1, 0.15) is 8.30 Å². The highest BCUT2D eigenvalue weighted by Crippen LogP contribution is 1.97. The molecule has 0 unspecified atom stereocenters. The van der Waals surface area contributed by atoms with Gasteiger partial charge in [-0.1, -0.05) is 6.07 Å². The fraction of sp³-hybridized carbons (Fsp3) is 0. The van der Waals surface area contributed by atoms with Gasteiger partial charge in [0.15, 0.2) is 0 Å². The van der Waals surface area contributed by atoms with E-state index in [0.717, 1.165) is 0 Å². The van der Waals surface area contributed by atoms with Crippen molar-refractivity contribution in [1.29, 1.82) is 0 Å². The average molecular weight is 151 g/mol. The Morgan fingerprint density at radius 3 is 3.18 bits per heavy atom. The summed E-state index contributed by atoms with van der Waals surface area (Å²) < 4.78 is 14.4. The van der Waals surface area contributed by atoms with Gasteiger partial charge in [0.1, 0.15) is 0 Å². The minimum Gasteiger partial charge on any atom is -0.478 e. The van der Waals surface area contributed by atoms with Crippen molar-refractivity contribution in [2.24, 2.45) is 0 Å². The first-order valence-corrected chi connectivity index (χ1v) is 2.94. The van der Waals surface area contributed by atoms with Crippen molar-refractivity contribution < 1.29 is 12.6 Å². The van der Waals surface area contributed by atoms with Crippen LogP contribution in [0, 0.1) is 0 Å². The Balaban J connectivity index is 3.11. The second-order valence-corrected chi connectivity index (χ2v) is 1.80. The molecule has 1 heterocycles. The molecule has 3 heteroatoms. The largest absolute Gasteiger partial charge is 0.478 e. The summed E-state index contributed by atoms with van der Waals surface area (Å²) in [6.07, 6.45) is 2.86. The molecule has 0 bridgehead atoms. The Bertz CT molecular complexity index is 348. The Morgan fingerprint density at radius 1 is 1.82 bits per heavy atom. The molecule has 0 aliphatic carbocycles. The number of aliphatic carboxylic acids is 1. The third-order valence-corrected chi connectivity index (χ3v) is 0.975. The van der Waals surface area contributed by atoms with Crippen LogP contribution in [-0.4, -0.2) is 16.1 Å². The molecule has 3 nitrogen and oxygen atoms in total. The lowest BCUT2D eigenvalue weighted by atomic mass is 10.3. The molecule has 0 aliphatic heterocycles. The zero-order chi connectivity index (χ0) is 9.84. The molecule has 0 fully saturated rings. The van der Waals surface area contributed by atoms with E-state index in [4.69, 9.17) is 7.85 Å². The first-order chi connectivity index (χ1) is 6.13. The molecule has 0 saturated carbocycles.